The zero-order chi connectivity index (χ0) is 14.1. The summed E-state index contributed by atoms with van der Waals surface area (Å²) in [5, 5.41) is 12.4. The molecule has 1 atom stereocenters. The molecule has 0 saturated heterocycles. The molecule has 0 unspecified atom stereocenters. The van der Waals surface area contributed by atoms with Gasteiger partial charge in [-0.15, -0.1) is 0 Å². The molecule has 2 amide bonds. The van der Waals surface area contributed by atoms with Crippen LogP contribution in [-0.4, -0.2) is 37.5 Å². The Balaban J connectivity index is 2.12. The SMILES string of the molecule is CCN[C@H](C)CNC(=O)CCNC(=O)c1ccsc1. The summed E-state index contributed by atoms with van der Waals surface area (Å²) in [6, 6.07) is 2.02. The third kappa shape index (κ3) is 6.35. The average Bonchev–Trinajstić information content (AvgIpc) is 2.90. The number of likely N-dealkylation sites (N-methyl/N-ethyl adjacent to an activating group) is 1. The zero-order valence-electron chi connectivity index (χ0n) is 11.4. The number of hydrogen-bond donors (Lipinski definition) is 3. The highest BCUT2D eigenvalue weighted by Gasteiger charge is 2.07. The van der Waals surface area contributed by atoms with Gasteiger partial charge in [0.05, 0.1) is 0 Å². The Morgan fingerprint density at radius 2 is 2.16 bits per heavy atom. The second-order valence-electron chi connectivity index (χ2n) is 4.28. The van der Waals surface area contributed by atoms with E-state index >= 15 is 0 Å². The van der Waals surface area contributed by atoms with E-state index in [0.29, 0.717) is 25.1 Å². The molecule has 0 radical (unpaired) electrons. The van der Waals surface area contributed by atoms with Gasteiger partial charge in [-0.1, -0.05) is 6.92 Å². The Kier molecular flexibility index (Phi) is 7.14. The van der Waals surface area contributed by atoms with E-state index in [1.807, 2.05) is 19.2 Å². The third-order valence-electron chi connectivity index (χ3n) is 2.58. The van der Waals surface area contributed by atoms with Crippen LogP contribution in [0.3, 0.4) is 0 Å². The van der Waals surface area contributed by atoms with Crippen LogP contribution in [0.4, 0.5) is 0 Å². The van der Waals surface area contributed by atoms with E-state index in [1.54, 1.807) is 11.4 Å². The van der Waals surface area contributed by atoms with Crippen LogP contribution in [0.25, 0.3) is 0 Å². The average molecular weight is 283 g/mol. The van der Waals surface area contributed by atoms with Gasteiger partial charge >= 0.3 is 0 Å². The van der Waals surface area contributed by atoms with Crippen molar-refractivity contribution in [3.05, 3.63) is 22.4 Å². The van der Waals surface area contributed by atoms with Crippen molar-refractivity contribution in [2.24, 2.45) is 0 Å². The van der Waals surface area contributed by atoms with Gasteiger partial charge in [-0.3, -0.25) is 9.59 Å². The number of rotatable bonds is 8. The zero-order valence-corrected chi connectivity index (χ0v) is 12.2. The molecule has 0 aliphatic rings. The van der Waals surface area contributed by atoms with Crippen LogP contribution >= 0.6 is 11.3 Å². The van der Waals surface area contributed by atoms with Crippen LogP contribution in [-0.2, 0) is 4.79 Å². The topological polar surface area (TPSA) is 70.2 Å². The lowest BCUT2D eigenvalue weighted by Crippen LogP contribution is -2.39. The van der Waals surface area contributed by atoms with Crippen LogP contribution in [0.15, 0.2) is 16.8 Å². The van der Waals surface area contributed by atoms with E-state index in [1.165, 1.54) is 11.3 Å². The smallest absolute Gasteiger partial charge is 0.252 e. The first-order valence-electron chi connectivity index (χ1n) is 6.44. The summed E-state index contributed by atoms with van der Waals surface area (Å²) in [5.41, 5.74) is 0.645. The molecule has 3 N–H and O–H groups in total. The number of thiophene rings is 1. The minimum absolute atomic E-state index is 0.0460. The molecule has 0 aliphatic carbocycles. The second kappa shape index (κ2) is 8.66. The summed E-state index contributed by atoms with van der Waals surface area (Å²) in [7, 11) is 0. The molecule has 0 fully saturated rings. The molecule has 1 aromatic heterocycles. The maximum absolute atomic E-state index is 11.6. The first-order valence-corrected chi connectivity index (χ1v) is 7.38. The summed E-state index contributed by atoms with van der Waals surface area (Å²) >= 11 is 1.48. The maximum Gasteiger partial charge on any atom is 0.252 e. The van der Waals surface area contributed by atoms with Crippen molar-refractivity contribution in [2.75, 3.05) is 19.6 Å². The molecule has 0 bridgehead atoms. The molecule has 0 aliphatic heterocycles. The van der Waals surface area contributed by atoms with Gasteiger partial charge in [-0.05, 0) is 24.9 Å². The Morgan fingerprint density at radius 1 is 1.37 bits per heavy atom. The summed E-state index contributed by atoms with van der Waals surface area (Å²) < 4.78 is 0. The Hall–Kier alpha value is -1.40. The van der Waals surface area contributed by atoms with Crippen molar-refractivity contribution >= 4 is 23.2 Å². The fraction of sp³-hybridized carbons (Fsp3) is 0.538. The summed E-state index contributed by atoms with van der Waals surface area (Å²) in [5.74, 6) is -0.176. The van der Waals surface area contributed by atoms with E-state index < -0.39 is 0 Å². The number of amides is 2. The highest BCUT2D eigenvalue weighted by Crippen LogP contribution is 2.04. The van der Waals surface area contributed by atoms with Crippen molar-refractivity contribution in [3.8, 4) is 0 Å². The van der Waals surface area contributed by atoms with Crippen LogP contribution < -0.4 is 16.0 Å². The normalized spacial score (nSPS) is 11.9. The van der Waals surface area contributed by atoms with Gasteiger partial charge < -0.3 is 16.0 Å². The number of carbonyl (C=O) groups is 2. The summed E-state index contributed by atoms with van der Waals surface area (Å²) in [6.07, 6.45) is 0.300. The summed E-state index contributed by atoms with van der Waals surface area (Å²) in [4.78, 5) is 23.1. The van der Waals surface area contributed by atoms with Gasteiger partial charge in [0.1, 0.15) is 0 Å². The predicted octanol–water partition coefficient (Wildman–Crippen LogP) is 0.982. The molecule has 0 aromatic carbocycles. The monoisotopic (exact) mass is 283 g/mol. The molecule has 5 nitrogen and oxygen atoms in total. The van der Waals surface area contributed by atoms with Crippen molar-refractivity contribution < 1.29 is 9.59 Å². The quantitative estimate of drug-likeness (QED) is 0.666. The molecule has 106 valence electrons. The molecule has 6 heteroatoms. The maximum atomic E-state index is 11.6. The van der Waals surface area contributed by atoms with E-state index in [9.17, 15) is 9.59 Å². The second-order valence-corrected chi connectivity index (χ2v) is 5.06. The fourth-order valence-corrected chi connectivity index (χ4v) is 2.20. The number of nitrogens with one attached hydrogen (secondary N) is 3. The molecule has 1 heterocycles. The van der Waals surface area contributed by atoms with Crippen molar-refractivity contribution in [2.45, 2.75) is 26.3 Å². The van der Waals surface area contributed by atoms with Gasteiger partial charge in [0, 0.05) is 36.5 Å². The van der Waals surface area contributed by atoms with Crippen molar-refractivity contribution in [1.82, 2.24) is 16.0 Å². The first kappa shape index (κ1) is 15.7. The summed E-state index contributed by atoms with van der Waals surface area (Å²) in [6.45, 7) is 5.88. The molecule has 1 aromatic rings. The number of carbonyl (C=O) groups excluding carboxylic acids is 2. The predicted molar refractivity (Wildman–Crippen MR) is 77.4 cm³/mol. The highest BCUT2D eigenvalue weighted by atomic mass is 32.1. The van der Waals surface area contributed by atoms with Crippen LogP contribution in [0.5, 0.6) is 0 Å². The molecule has 0 spiro atoms. The third-order valence-corrected chi connectivity index (χ3v) is 3.26. The van der Waals surface area contributed by atoms with E-state index in [0.717, 1.165) is 6.54 Å². The van der Waals surface area contributed by atoms with Gasteiger partial charge in [0.25, 0.3) is 5.91 Å². The van der Waals surface area contributed by atoms with Gasteiger partial charge in [-0.2, -0.15) is 11.3 Å². The van der Waals surface area contributed by atoms with Crippen molar-refractivity contribution in [1.29, 1.82) is 0 Å². The number of hydrogen-bond acceptors (Lipinski definition) is 4. The Labute approximate surface area is 117 Å². The Morgan fingerprint density at radius 3 is 2.79 bits per heavy atom. The lowest BCUT2D eigenvalue weighted by Gasteiger charge is -2.13. The van der Waals surface area contributed by atoms with E-state index in [2.05, 4.69) is 16.0 Å². The molecular formula is C13H21N3O2S. The van der Waals surface area contributed by atoms with E-state index in [-0.39, 0.29) is 17.9 Å². The minimum Gasteiger partial charge on any atom is -0.354 e. The molecule has 0 saturated carbocycles. The lowest BCUT2D eigenvalue weighted by molar-refractivity contribution is -0.121. The first-order chi connectivity index (χ1) is 9.13. The fourth-order valence-electron chi connectivity index (χ4n) is 1.56. The van der Waals surface area contributed by atoms with Gasteiger partial charge in [0.15, 0.2) is 0 Å². The molecular weight excluding hydrogens is 262 g/mol. The highest BCUT2D eigenvalue weighted by molar-refractivity contribution is 7.08. The van der Waals surface area contributed by atoms with Gasteiger partial charge in [0.2, 0.25) is 5.91 Å². The van der Waals surface area contributed by atoms with Crippen LogP contribution in [0.2, 0.25) is 0 Å². The molecule has 1 rings (SSSR count). The minimum atomic E-state index is -0.130. The Bertz CT molecular complexity index is 393. The molecule has 19 heavy (non-hydrogen) atoms. The van der Waals surface area contributed by atoms with E-state index in [4.69, 9.17) is 0 Å². The van der Waals surface area contributed by atoms with Crippen LogP contribution in [0.1, 0.15) is 30.6 Å². The van der Waals surface area contributed by atoms with Crippen molar-refractivity contribution in [3.63, 3.8) is 0 Å². The lowest BCUT2D eigenvalue weighted by atomic mass is 10.3. The largest absolute Gasteiger partial charge is 0.354 e. The van der Waals surface area contributed by atoms with Gasteiger partial charge in [-0.25, -0.2) is 0 Å². The standard InChI is InChI=1S/C13H21N3O2S/c1-3-14-10(2)8-16-12(17)4-6-15-13(18)11-5-7-19-9-11/h5,7,9-10,14H,3-4,6,8H2,1-2H3,(H,15,18)(H,16,17)/t10-/m1/s1. The van der Waals surface area contributed by atoms with Crippen LogP contribution in [0, 0.1) is 0 Å².